The summed E-state index contributed by atoms with van der Waals surface area (Å²) in [6.45, 7) is 5.91. The summed E-state index contributed by atoms with van der Waals surface area (Å²) in [7, 11) is 0. The maximum absolute atomic E-state index is 5.49. The first-order valence-corrected chi connectivity index (χ1v) is 7.49. The first-order valence-electron chi connectivity index (χ1n) is 6.61. The smallest absolute Gasteiger partial charge is 0.233 e. The van der Waals surface area contributed by atoms with Crippen LogP contribution in [0.25, 0.3) is 0 Å². The molecule has 0 bridgehead atoms. The van der Waals surface area contributed by atoms with Crippen LogP contribution < -0.4 is 5.32 Å². The first-order chi connectivity index (χ1) is 9.13. The monoisotopic (exact) mass is 278 g/mol. The van der Waals surface area contributed by atoms with Crippen LogP contribution in [0.1, 0.15) is 54.3 Å². The van der Waals surface area contributed by atoms with E-state index < -0.39 is 0 Å². The Balaban J connectivity index is 1.75. The second-order valence-electron chi connectivity index (χ2n) is 5.19. The van der Waals surface area contributed by atoms with Gasteiger partial charge in [-0.3, -0.25) is 5.32 Å². The zero-order valence-corrected chi connectivity index (χ0v) is 12.2. The summed E-state index contributed by atoms with van der Waals surface area (Å²) in [6, 6.07) is 0.358. The van der Waals surface area contributed by atoms with Gasteiger partial charge in [-0.2, -0.15) is 0 Å². The van der Waals surface area contributed by atoms with Gasteiger partial charge in [0.1, 0.15) is 5.01 Å². The van der Waals surface area contributed by atoms with Crippen LogP contribution in [0, 0.1) is 19.8 Å². The summed E-state index contributed by atoms with van der Waals surface area (Å²) in [6.07, 6.45) is 2.54. The van der Waals surface area contributed by atoms with Crippen molar-refractivity contribution < 1.29 is 4.42 Å². The third kappa shape index (κ3) is 2.84. The van der Waals surface area contributed by atoms with Gasteiger partial charge in [-0.15, -0.1) is 21.5 Å². The van der Waals surface area contributed by atoms with Gasteiger partial charge >= 0.3 is 0 Å². The van der Waals surface area contributed by atoms with Gasteiger partial charge in [0.25, 0.3) is 0 Å². The predicted octanol–water partition coefficient (Wildman–Crippen LogP) is 2.94. The molecule has 6 heteroatoms. The lowest BCUT2D eigenvalue weighted by Gasteiger charge is -2.19. The Labute approximate surface area is 116 Å². The van der Waals surface area contributed by atoms with Crippen LogP contribution in [0.4, 0.5) is 0 Å². The van der Waals surface area contributed by atoms with E-state index in [-0.39, 0.29) is 6.04 Å². The Morgan fingerprint density at radius 1 is 1.37 bits per heavy atom. The number of hydrogen-bond acceptors (Lipinski definition) is 6. The van der Waals surface area contributed by atoms with E-state index in [1.54, 1.807) is 11.3 Å². The minimum absolute atomic E-state index is 0.0519. The Bertz CT molecular complexity index is 560. The van der Waals surface area contributed by atoms with Crippen LogP contribution in [0.3, 0.4) is 0 Å². The molecule has 2 unspecified atom stereocenters. The van der Waals surface area contributed by atoms with Gasteiger partial charge in [-0.05, 0) is 32.6 Å². The van der Waals surface area contributed by atoms with Crippen molar-refractivity contribution in [1.29, 1.82) is 0 Å². The van der Waals surface area contributed by atoms with Crippen molar-refractivity contribution in [3.05, 3.63) is 27.9 Å². The van der Waals surface area contributed by atoms with Crippen molar-refractivity contribution >= 4 is 11.3 Å². The zero-order valence-electron chi connectivity index (χ0n) is 11.4. The van der Waals surface area contributed by atoms with Crippen LogP contribution >= 0.6 is 11.3 Å². The van der Waals surface area contributed by atoms with Crippen molar-refractivity contribution in [2.75, 3.05) is 0 Å². The molecule has 1 aliphatic carbocycles. The average Bonchev–Trinajstić information content (AvgIpc) is 2.98. The first kappa shape index (κ1) is 12.7. The summed E-state index contributed by atoms with van der Waals surface area (Å²) in [5, 5.41) is 14.8. The average molecular weight is 278 g/mol. The van der Waals surface area contributed by atoms with Crippen LogP contribution in [0.15, 0.2) is 9.80 Å². The molecule has 2 aromatic rings. The fourth-order valence-electron chi connectivity index (χ4n) is 2.18. The van der Waals surface area contributed by atoms with Crippen molar-refractivity contribution in [3.63, 3.8) is 0 Å². The molecule has 3 rings (SSSR count). The van der Waals surface area contributed by atoms with E-state index >= 15 is 0 Å². The Hall–Kier alpha value is -1.27. The van der Waals surface area contributed by atoms with Crippen molar-refractivity contribution in [2.24, 2.45) is 5.92 Å². The summed E-state index contributed by atoms with van der Waals surface area (Å²) < 4.78 is 5.49. The highest BCUT2D eigenvalue weighted by atomic mass is 32.1. The van der Waals surface area contributed by atoms with E-state index in [2.05, 4.69) is 32.8 Å². The summed E-state index contributed by atoms with van der Waals surface area (Å²) >= 11 is 1.73. The van der Waals surface area contributed by atoms with Gasteiger partial charge in [0.2, 0.25) is 11.8 Å². The molecular formula is C13H18N4OS. The fraction of sp³-hybridized carbons (Fsp3) is 0.615. The van der Waals surface area contributed by atoms with Crippen LogP contribution in [0.2, 0.25) is 0 Å². The Morgan fingerprint density at radius 3 is 2.68 bits per heavy atom. The predicted molar refractivity (Wildman–Crippen MR) is 72.9 cm³/mol. The molecule has 1 saturated carbocycles. The molecule has 0 saturated heterocycles. The van der Waals surface area contributed by atoms with E-state index in [1.165, 1.54) is 17.8 Å². The number of hydrogen-bond donors (Lipinski definition) is 1. The van der Waals surface area contributed by atoms with Crippen molar-refractivity contribution in [2.45, 2.75) is 45.7 Å². The third-order valence-electron chi connectivity index (χ3n) is 3.34. The summed E-state index contributed by atoms with van der Waals surface area (Å²) in [4.78, 5) is 4.61. The molecule has 102 valence electrons. The number of thiazole rings is 1. The van der Waals surface area contributed by atoms with Crippen LogP contribution in [0.5, 0.6) is 0 Å². The molecule has 1 aliphatic rings. The normalized spacial score (nSPS) is 18.5. The van der Waals surface area contributed by atoms with E-state index in [0.29, 0.717) is 23.7 Å². The van der Waals surface area contributed by atoms with E-state index in [4.69, 9.17) is 4.42 Å². The van der Waals surface area contributed by atoms with Gasteiger partial charge in [0.15, 0.2) is 0 Å². The third-order valence-corrected chi connectivity index (χ3v) is 4.38. The minimum atomic E-state index is 0.0519. The standard InChI is InChI=1S/C13H18N4OS/c1-7-6-19-13(14-7)11(10-4-5-10)15-8(2)12-17-16-9(3)18-12/h6,8,10-11,15H,4-5H2,1-3H3. The largest absolute Gasteiger partial charge is 0.424 e. The van der Waals surface area contributed by atoms with E-state index in [1.807, 2.05) is 13.8 Å². The lowest BCUT2D eigenvalue weighted by Crippen LogP contribution is -2.26. The number of nitrogens with one attached hydrogen (secondary N) is 1. The fourth-order valence-corrected chi connectivity index (χ4v) is 3.13. The molecule has 0 amide bonds. The minimum Gasteiger partial charge on any atom is -0.424 e. The molecule has 0 spiro atoms. The second-order valence-corrected chi connectivity index (χ2v) is 6.08. The molecule has 0 radical (unpaired) electrons. The summed E-state index contributed by atoms with van der Waals surface area (Å²) in [5.74, 6) is 1.95. The van der Waals surface area contributed by atoms with Gasteiger partial charge in [-0.25, -0.2) is 4.98 Å². The molecular weight excluding hydrogens is 260 g/mol. The highest BCUT2D eigenvalue weighted by Gasteiger charge is 2.35. The lowest BCUT2D eigenvalue weighted by atomic mass is 10.1. The van der Waals surface area contributed by atoms with Gasteiger partial charge in [0, 0.05) is 18.0 Å². The quantitative estimate of drug-likeness (QED) is 0.911. The van der Waals surface area contributed by atoms with Crippen LogP contribution in [-0.2, 0) is 0 Å². The topological polar surface area (TPSA) is 63.8 Å². The number of aromatic nitrogens is 3. The lowest BCUT2D eigenvalue weighted by molar-refractivity contribution is 0.354. The molecule has 1 N–H and O–H groups in total. The van der Waals surface area contributed by atoms with Gasteiger partial charge < -0.3 is 4.42 Å². The molecule has 5 nitrogen and oxygen atoms in total. The summed E-state index contributed by atoms with van der Waals surface area (Å²) in [5.41, 5.74) is 1.09. The number of rotatable bonds is 5. The van der Waals surface area contributed by atoms with E-state index in [0.717, 1.165) is 5.69 Å². The van der Waals surface area contributed by atoms with Crippen molar-refractivity contribution in [3.8, 4) is 0 Å². The maximum Gasteiger partial charge on any atom is 0.233 e. The van der Waals surface area contributed by atoms with Gasteiger partial charge in [0.05, 0.1) is 12.1 Å². The van der Waals surface area contributed by atoms with E-state index in [9.17, 15) is 0 Å². The molecule has 2 atom stereocenters. The molecule has 1 fully saturated rings. The second kappa shape index (κ2) is 5.02. The Morgan fingerprint density at radius 2 is 2.16 bits per heavy atom. The zero-order chi connectivity index (χ0) is 13.4. The molecule has 19 heavy (non-hydrogen) atoms. The maximum atomic E-state index is 5.49. The Kier molecular flexibility index (Phi) is 3.36. The highest BCUT2D eigenvalue weighted by Crippen LogP contribution is 2.42. The highest BCUT2D eigenvalue weighted by molar-refractivity contribution is 7.09. The molecule has 0 aliphatic heterocycles. The molecule has 2 aromatic heterocycles. The van der Waals surface area contributed by atoms with Crippen LogP contribution in [-0.4, -0.2) is 15.2 Å². The van der Waals surface area contributed by atoms with Gasteiger partial charge in [-0.1, -0.05) is 0 Å². The molecule has 0 aromatic carbocycles. The van der Waals surface area contributed by atoms with Crippen molar-refractivity contribution in [1.82, 2.24) is 20.5 Å². The number of nitrogens with zero attached hydrogens (tertiary/aromatic N) is 3. The molecule has 2 heterocycles. The SMILES string of the molecule is Cc1csc(C(NC(C)c2nnc(C)o2)C2CC2)n1. The number of aryl methyl sites for hydroxylation is 2.